The van der Waals surface area contributed by atoms with E-state index < -0.39 is 0 Å². The third-order valence-electron chi connectivity index (χ3n) is 3.49. The Balaban J connectivity index is 1.85. The highest BCUT2D eigenvalue weighted by atomic mass is 32.2. The van der Waals surface area contributed by atoms with Crippen molar-refractivity contribution in [1.29, 1.82) is 0 Å². The van der Waals surface area contributed by atoms with E-state index in [-0.39, 0.29) is 5.91 Å². The van der Waals surface area contributed by atoms with E-state index in [1.807, 2.05) is 4.57 Å². The molecule has 0 saturated carbocycles. The summed E-state index contributed by atoms with van der Waals surface area (Å²) >= 11 is 1.42. The minimum absolute atomic E-state index is 0.00433. The number of thioether (sulfide) groups is 1. The molecule has 1 amide bonds. The molecule has 2 rings (SSSR count). The maximum Gasteiger partial charge on any atom is 0.230 e. The Bertz CT molecular complexity index is 491. The fourth-order valence-electron chi connectivity index (χ4n) is 2.29. The van der Waals surface area contributed by atoms with Crippen molar-refractivity contribution in [1.82, 2.24) is 20.1 Å². The number of hydrogen-bond donors (Lipinski definition) is 1. The van der Waals surface area contributed by atoms with Crippen LogP contribution in [0.15, 0.2) is 5.16 Å². The van der Waals surface area contributed by atoms with Crippen molar-refractivity contribution in [2.24, 2.45) is 0 Å². The number of amides is 1. The first-order chi connectivity index (χ1) is 11.3. The van der Waals surface area contributed by atoms with E-state index >= 15 is 0 Å². The minimum atomic E-state index is 0.00433. The van der Waals surface area contributed by atoms with E-state index in [2.05, 4.69) is 27.3 Å². The van der Waals surface area contributed by atoms with Gasteiger partial charge in [0.05, 0.1) is 19.0 Å². The number of anilines is 1. The van der Waals surface area contributed by atoms with Gasteiger partial charge in [-0.25, -0.2) is 0 Å². The van der Waals surface area contributed by atoms with Crippen LogP contribution < -0.4 is 10.2 Å². The Morgan fingerprint density at radius 1 is 1.39 bits per heavy atom. The van der Waals surface area contributed by atoms with Crippen LogP contribution in [-0.2, 0) is 20.8 Å². The van der Waals surface area contributed by atoms with E-state index in [1.165, 1.54) is 11.8 Å². The van der Waals surface area contributed by atoms with Crippen molar-refractivity contribution < 1.29 is 14.3 Å². The van der Waals surface area contributed by atoms with Gasteiger partial charge in [-0.3, -0.25) is 9.36 Å². The van der Waals surface area contributed by atoms with Gasteiger partial charge >= 0.3 is 0 Å². The zero-order chi connectivity index (χ0) is 16.5. The number of hydrogen-bond acceptors (Lipinski definition) is 7. The van der Waals surface area contributed by atoms with Gasteiger partial charge in [0.15, 0.2) is 5.16 Å². The number of nitrogens with zero attached hydrogens (tertiary/aromatic N) is 4. The Kier molecular flexibility index (Phi) is 7.63. The van der Waals surface area contributed by atoms with Gasteiger partial charge in [0.1, 0.15) is 0 Å². The summed E-state index contributed by atoms with van der Waals surface area (Å²) in [7, 11) is 1.65. The zero-order valence-corrected chi connectivity index (χ0v) is 14.6. The Labute approximate surface area is 140 Å². The second kappa shape index (κ2) is 9.74. The predicted octanol–water partition coefficient (Wildman–Crippen LogP) is 0.379. The maximum atomic E-state index is 11.8. The van der Waals surface area contributed by atoms with Gasteiger partial charge in [-0.2, -0.15) is 0 Å². The lowest BCUT2D eigenvalue weighted by Gasteiger charge is -2.27. The molecular weight excluding hydrogens is 318 g/mol. The van der Waals surface area contributed by atoms with Gasteiger partial charge in [0, 0.05) is 39.9 Å². The fourth-order valence-corrected chi connectivity index (χ4v) is 3.11. The highest BCUT2D eigenvalue weighted by Gasteiger charge is 2.20. The normalized spacial score (nSPS) is 15.0. The van der Waals surface area contributed by atoms with Crippen molar-refractivity contribution in [2.45, 2.75) is 25.0 Å². The van der Waals surface area contributed by atoms with Crippen LogP contribution in [0.5, 0.6) is 0 Å². The molecule has 1 aromatic heterocycles. The number of carbonyl (C=O) groups excluding carboxylic acids is 1. The molecule has 1 aliphatic heterocycles. The molecule has 0 radical (unpaired) electrons. The highest BCUT2D eigenvalue weighted by molar-refractivity contribution is 7.99. The summed E-state index contributed by atoms with van der Waals surface area (Å²) in [5.41, 5.74) is 0. The maximum absolute atomic E-state index is 11.8. The van der Waals surface area contributed by atoms with Crippen LogP contribution in [0.4, 0.5) is 5.95 Å². The molecule has 0 spiro atoms. The summed E-state index contributed by atoms with van der Waals surface area (Å²) in [5, 5.41) is 12.2. The Morgan fingerprint density at radius 2 is 2.17 bits per heavy atom. The van der Waals surface area contributed by atoms with Crippen molar-refractivity contribution in [3.63, 3.8) is 0 Å². The lowest BCUT2D eigenvalue weighted by Crippen LogP contribution is -2.38. The molecule has 9 heteroatoms. The Morgan fingerprint density at radius 3 is 2.87 bits per heavy atom. The number of aromatic nitrogens is 3. The molecule has 0 unspecified atom stereocenters. The lowest BCUT2D eigenvalue weighted by molar-refractivity contribution is -0.118. The number of ether oxygens (including phenoxy) is 2. The first-order valence-corrected chi connectivity index (χ1v) is 8.89. The van der Waals surface area contributed by atoms with Gasteiger partial charge in [-0.05, 0) is 13.3 Å². The van der Waals surface area contributed by atoms with Crippen LogP contribution in [-0.4, -0.2) is 73.0 Å². The average molecular weight is 343 g/mol. The summed E-state index contributed by atoms with van der Waals surface area (Å²) in [6.45, 7) is 7.18. The molecule has 1 aliphatic rings. The summed E-state index contributed by atoms with van der Waals surface area (Å²) in [6, 6.07) is 0. The van der Waals surface area contributed by atoms with Crippen molar-refractivity contribution in [3.8, 4) is 0 Å². The number of methoxy groups -OCH3 is 1. The molecular formula is C14H25N5O3S. The molecule has 1 N–H and O–H groups in total. The van der Waals surface area contributed by atoms with Crippen LogP contribution in [0.1, 0.15) is 13.3 Å². The van der Waals surface area contributed by atoms with Crippen LogP contribution >= 0.6 is 11.8 Å². The van der Waals surface area contributed by atoms with Crippen molar-refractivity contribution in [3.05, 3.63) is 0 Å². The number of nitrogens with one attached hydrogen (secondary N) is 1. The molecule has 23 heavy (non-hydrogen) atoms. The van der Waals surface area contributed by atoms with Crippen LogP contribution in [0.2, 0.25) is 0 Å². The van der Waals surface area contributed by atoms with E-state index in [9.17, 15) is 4.79 Å². The van der Waals surface area contributed by atoms with Gasteiger partial charge in [0.2, 0.25) is 11.9 Å². The number of carbonyl (C=O) groups is 1. The molecule has 8 nitrogen and oxygen atoms in total. The van der Waals surface area contributed by atoms with E-state index in [1.54, 1.807) is 7.11 Å². The molecule has 2 heterocycles. The predicted molar refractivity (Wildman–Crippen MR) is 89.0 cm³/mol. The zero-order valence-electron chi connectivity index (χ0n) is 13.8. The third kappa shape index (κ3) is 5.36. The van der Waals surface area contributed by atoms with Crippen LogP contribution in [0.25, 0.3) is 0 Å². The van der Waals surface area contributed by atoms with Crippen LogP contribution in [0, 0.1) is 0 Å². The van der Waals surface area contributed by atoms with E-state index in [4.69, 9.17) is 9.47 Å². The molecule has 0 bridgehead atoms. The van der Waals surface area contributed by atoms with Gasteiger partial charge < -0.3 is 19.7 Å². The second-order valence-corrected chi connectivity index (χ2v) is 6.05. The minimum Gasteiger partial charge on any atom is -0.385 e. The highest BCUT2D eigenvalue weighted by Crippen LogP contribution is 2.22. The molecule has 0 aromatic carbocycles. The largest absolute Gasteiger partial charge is 0.385 e. The standard InChI is InChI=1S/C14H25N5O3S/c1-3-19-13(18-6-9-22-10-7-18)16-17-14(19)23-11-12(20)15-5-4-8-21-2/h3-11H2,1-2H3,(H,15,20). The van der Waals surface area contributed by atoms with E-state index in [0.717, 1.165) is 37.2 Å². The molecule has 0 aliphatic carbocycles. The molecule has 0 atom stereocenters. The van der Waals surface area contributed by atoms with Gasteiger partial charge in [-0.1, -0.05) is 11.8 Å². The molecule has 1 aromatic rings. The summed E-state index contributed by atoms with van der Waals surface area (Å²) in [5.74, 6) is 1.21. The fraction of sp³-hybridized carbons (Fsp3) is 0.786. The van der Waals surface area contributed by atoms with Crippen molar-refractivity contribution >= 4 is 23.6 Å². The van der Waals surface area contributed by atoms with Gasteiger partial charge in [0.25, 0.3) is 0 Å². The first-order valence-electron chi connectivity index (χ1n) is 7.90. The number of rotatable bonds is 9. The summed E-state index contributed by atoms with van der Waals surface area (Å²) in [4.78, 5) is 14.0. The molecule has 130 valence electrons. The average Bonchev–Trinajstić information content (AvgIpc) is 3.00. The van der Waals surface area contributed by atoms with Gasteiger partial charge in [-0.15, -0.1) is 10.2 Å². The lowest BCUT2D eigenvalue weighted by atomic mass is 10.4. The summed E-state index contributed by atoms with van der Waals surface area (Å²) in [6.07, 6.45) is 0.819. The first kappa shape index (κ1) is 18.0. The molecule has 1 fully saturated rings. The molecule has 1 saturated heterocycles. The second-order valence-electron chi connectivity index (χ2n) is 5.11. The van der Waals surface area contributed by atoms with Crippen molar-refractivity contribution in [2.75, 3.05) is 57.2 Å². The quantitative estimate of drug-likeness (QED) is 0.513. The Hall–Kier alpha value is -1.32. The smallest absolute Gasteiger partial charge is 0.230 e. The summed E-state index contributed by atoms with van der Waals surface area (Å²) < 4.78 is 12.4. The van der Waals surface area contributed by atoms with E-state index in [0.29, 0.717) is 32.1 Å². The van der Waals surface area contributed by atoms with Crippen LogP contribution in [0.3, 0.4) is 0 Å². The topological polar surface area (TPSA) is 81.5 Å². The third-order valence-corrected chi connectivity index (χ3v) is 4.45. The SMILES string of the molecule is CCn1c(SCC(=O)NCCCOC)nnc1N1CCOCC1. The monoisotopic (exact) mass is 343 g/mol. The number of morpholine rings is 1.